The van der Waals surface area contributed by atoms with Crippen molar-refractivity contribution in [2.45, 2.75) is 38.8 Å². The first-order chi connectivity index (χ1) is 15.0. The highest BCUT2D eigenvalue weighted by molar-refractivity contribution is 5.90. The van der Waals surface area contributed by atoms with Gasteiger partial charge in [0.15, 0.2) is 6.61 Å². The molecular weight excluding hydrogens is 394 g/mol. The summed E-state index contributed by atoms with van der Waals surface area (Å²) >= 11 is 0. The predicted molar refractivity (Wildman–Crippen MR) is 117 cm³/mol. The molecular formula is C24H27N3O4. The number of nitrogens with one attached hydrogen (secondary N) is 1. The molecule has 0 radical (unpaired) electrons. The van der Waals surface area contributed by atoms with E-state index >= 15 is 0 Å². The fraction of sp³-hybridized carbons (Fsp3) is 0.375. The van der Waals surface area contributed by atoms with Crippen molar-refractivity contribution in [3.8, 4) is 5.75 Å². The van der Waals surface area contributed by atoms with E-state index in [1.165, 1.54) is 6.92 Å². The van der Waals surface area contributed by atoms with Crippen LogP contribution >= 0.6 is 0 Å². The van der Waals surface area contributed by atoms with Crippen molar-refractivity contribution in [3.63, 3.8) is 0 Å². The zero-order chi connectivity index (χ0) is 21.8. The number of hydrogen-bond donors (Lipinski definition) is 1. The Morgan fingerprint density at radius 2 is 1.77 bits per heavy atom. The highest BCUT2D eigenvalue weighted by atomic mass is 16.5. The highest BCUT2D eigenvalue weighted by Gasteiger charge is 2.37. The molecule has 2 aromatic carbocycles. The SMILES string of the molecule is CC(=O)Nc1ccc2c(c1)CN(C(=O)COc1ccccc1)[C@H](C(=O)N1CCCC1)C2. The number of rotatable bonds is 5. The minimum Gasteiger partial charge on any atom is -0.484 e. The molecule has 1 atom stereocenters. The molecule has 2 aromatic rings. The lowest BCUT2D eigenvalue weighted by Crippen LogP contribution is -2.54. The molecule has 4 rings (SSSR count). The van der Waals surface area contributed by atoms with Gasteiger partial charge in [0.05, 0.1) is 0 Å². The van der Waals surface area contributed by atoms with Gasteiger partial charge in [-0.3, -0.25) is 14.4 Å². The number of likely N-dealkylation sites (tertiary alicyclic amines) is 1. The number of nitrogens with zero attached hydrogens (tertiary/aromatic N) is 2. The average molecular weight is 421 g/mol. The van der Waals surface area contributed by atoms with Gasteiger partial charge in [0.2, 0.25) is 11.8 Å². The zero-order valence-electron chi connectivity index (χ0n) is 17.7. The summed E-state index contributed by atoms with van der Waals surface area (Å²) in [5.41, 5.74) is 2.65. The van der Waals surface area contributed by atoms with Crippen molar-refractivity contribution in [3.05, 3.63) is 59.7 Å². The molecule has 0 saturated carbocycles. The Morgan fingerprint density at radius 1 is 1.03 bits per heavy atom. The number of amides is 3. The number of carbonyl (C=O) groups is 3. The van der Waals surface area contributed by atoms with E-state index in [2.05, 4.69) is 5.32 Å². The molecule has 162 valence electrons. The van der Waals surface area contributed by atoms with Crippen LogP contribution in [0.1, 0.15) is 30.9 Å². The first kappa shape index (κ1) is 20.9. The number of benzene rings is 2. The molecule has 0 aromatic heterocycles. The van der Waals surface area contributed by atoms with Crippen LogP contribution in [0.5, 0.6) is 5.75 Å². The summed E-state index contributed by atoms with van der Waals surface area (Å²) in [4.78, 5) is 41.3. The van der Waals surface area contributed by atoms with E-state index in [0.717, 1.165) is 37.1 Å². The molecule has 0 aliphatic carbocycles. The Bertz CT molecular complexity index is 970. The van der Waals surface area contributed by atoms with Crippen LogP contribution < -0.4 is 10.1 Å². The Hall–Kier alpha value is -3.35. The fourth-order valence-electron chi connectivity index (χ4n) is 4.24. The molecule has 31 heavy (non-hydrogen) atoms. The van der Waals surface area contributed by atoms with E-state index < -0.39 is 6.04 Å². The second kappa shape index (κ2) is 9.20. The third-order valence-corrected chi connectivity index (χ3v) is 5.79. The third kappa shape index (κ3) is 4.87. The van der Waals surface area contributed by atoms with Gasteiger partial charge in [-0.05, 0) is 48.2 Å². The van der Waals surface area contributed by atoms with Crippen molar-refractivity contribution in [2.24, 2.45) is 0 Å². The Balaban J connectivity index is 1.56. The number of anilines is 1. The van der Waals surface area contributed by atoms with E-state index in [4.69, 9.17) is 4.74 Å². The number of fused-ring (bicyclic) bond motifs is 1. The molecule has 2 aliphatic heterocycles. The van der Waals surface area contributed by atoms with Gasteiger partial charge in [-0.2, -0.15) is 0 Å². The van der Waals surface area contributed by atoms with Gasteiger partial charge in [0.25, 0.3) is 5.91 Å². The van der Waals surface area contributed by atoms with Gasteiger partial charge < -0.3 is 19.9 Å². The van der Waals surface area contributed by atoms with Gasteiger partial charge in [-0.1, -0.05) is 24.3 Å². The largest absolute Gasteiger partial charge is 0.484 e. The molecule has 7 heteroatoms. The minimum absolute atomic E-state index is 0.00199. The van der Waals surface area contributed by atoms with Gasteiger partial charge in [-0.25, -0.2) is 0 Å². The van der Waals surface area contributed by atoms with Crippen molar-refractivity contribution < 1.29 is 19.1 Å². The lowest BCUT2D eigenvalue weighted by Gasteiger charge is -2.38. The molecule has 1 fully saturated rings. The molecule has 1 saturated heterocycles. The number of ether oxygens (including phenoxy) is 1. The summed E-state index contributed by atoms with van der Waals surface area (Å²) in [6.07, 6.45) is 2.46. The quantitative estimate of drug-likeness (QED) is 0.805. The normalized spacial score (nSPS) is 17.8. The summed E-state index contributed by atoms with van der Waals surface area (Å²) in [5.74, 6) is 0.241. The van der Waals surface area contributed by atoms with Crippen LogP contribution in [0.3, 0.4) is 0 Å². The molecule has 1 N–H and O–H groups in total. The van der Waals surface area contributed by atoms with Crippen LogP contribution in [0.4, 0.5) is 5.69 Å². The van der Waals surface area contributed by atoms with Gasteiger partial charge in [-0.15, -0.1) is 0 Å². The van der Waals surface area contributed by atoms with E-state index in [1.54, 1.807) is 17.0 Å². The van der Waals surface area contributed by atoms with Gasteiger partial charge >= 0.3 is 0 Å². The number of carbonyl (C=O) groups excluding carboxylic acids is 3. The van der Waals surface area contributed by atoms with Crippen LogP contribution in [0.2, 0.25) is 0 Å². The molecule has 0 unspecified atom stereocenters. The molecule has 2 aliphatic rings. The maximum atomic E-state index is 13.2. The van der Waals surface area contributed by atoms with Crippen LogP contribution in [0.25, 0.3) is 0 Å². The maximum Gasteiger partial charge on any atom is 0.261 e. The van der Waals surface area contributed by atoms with Crippen molar-refractivity contribution >= 4 is 23.4 Å². The second-order valence-corrected chi connectivity index (χ2v) is 8.04. The van der Waals surface area contributed by atoms with Crippen molar-refractivity contribution in [2.75, 3.05) is 25.0 Å². The zero-order valence-corrected chi connectivity index (χ0v) is 17.7. The monoisotopic (exact) mass is 421 g/mol. The second-order valence-electron chi connectivity index (χ2n) is 8.04. The first-order valence-corrected chi connectivity index (χ1v) is 10.7. The Labute approximate surface area is 182 Å². The smallest absolute Gasteiger partial charge is 0.261 e. The first-order valence-electron chi connectivity index (χ1n) is 10.7. The molecule has 3 amide bonds. The topological polar surface area (TPSA) is 79.0 Å². The van der Waals surface area contributed by atoms with Gasteiger partial charge in [0.1, 0.15) is 11.8 Å². The summed E-state index contributed by atoms with van der Waals surface area (Å²) in [5, 5.41) is 2.78. The highest BCUT2D eigenvalue weighted by Crippen LogP contribution is 2.28. The number of para-hydroxylation sites is 1. The molecule has 0 spiro atoms. The van der Waals surface area contributed by atoms with E-state index in [0.29, 0.717) is 24.4 Å². The van der Waals surface area contributed by atoms with Crippen molar-refractivity contribution in [1.82, 2.24) is 9.80 Å². The Kier molecular flexibility index (Phi) is 6.21. The summed E-state index contributed by atoms with van der Waals surface area (Å²) < 4.78 is 5.67. The van der Waals surface area contributed by atoms with Crippen LogP contribution in [0, 0.1) is 0 Å². The molecule has 7 nitrogen and oxygen atoms in total. The maximum absolute atomic E-state index is 13.2. The predicted octanol–water partition coefficient (Wildman–Crippen LogP) is 2.60. The van der Waals surface area contributed by atoms with Crippen LogP contribution in [-0.4, -0.2) is 53.3 Å². The van der Waals surface area contributed by atoms with Crippen molar-refractivity contribution in [1.29, 1.82) is 0 Å². The van der Waals surface area contributed by atoms with E-state index in [9.17, 15) is 14.4 Å². The minimum atomic E-state index is -0.538. The van der Waals surface area contributed by atoms with Gasteiger partial charge in [0, 0.05) is 38.7 Å². The average Bonchev–Trinajstić information content (AvgIpc) is 3.31. The lowest BCUT2D eigenvalue weighted by atomic mass is 9.92. The summed E-state index contributed by atoms with van der Waals surface area (Å²) in [7, 11) is 0. The lowest BCUT2D eigenvalue weighted by molar-refractivity contribution is -0.147. The third-order valence-electron chi connectivity index (χ3n) is 5.79. The van der Waals surface area contributed by atoms with Crippen LogP contribution in [0.15, 0.2) is 48.5 Å². The summed E-state index contributed by atoms with van der Waals surface area (Å²) in [6.45, 7) is 3.12. The fourth-order valence-corrected chi connectivity index (χ4v) is 4.24. The molecule has 0 bridgehead atoms. The van der Waals surface area contributed by atoms with E-state index in [1.807, 2.05) is 41.3 Å². The molecule has 2 heterocycles. The van der Waals surface area contributed by atoms with Crippen LogP contribution in [-0.2, 0) is 27.3 Å². The summed E-state index contributed by atoms with van der Waals surface area (Å²) in [6, 6.07) is 14.3. The standard InChI is InChI=1S/C24H27N3O4/c1-17(28)25-20-10-9-18-14-22(24(30)26-11-5-6-12-26)27(15-19(18)13-20)23(29)16-31-21-7-3-2-4-8-21/h2-4,7-10,13,22H,5-6,11-12,14-16H2,1H3,(H,25,28)/t22-/m0/s1. The number of hydrogen-bond acceptors (Lipinski definition) is 4. The Morgan fingerprint density at radius 3 is 2.48 bits per heavy atom. The van der Waals surface area contributed by atoms with E-state index in [-0.39, 0.29) is 24.3 Å².